The molecule has 0 amide bonds. The second-order valence-corrected chi connectivity index (χ2v) is 4.75. The highest BCUT2D eigenvalue weighted by molar-refractivity contribution is 14.1. The largest absolute Gasteiger partial charge is 0.383 e. The first-order chi connectivity index (χ1) is 6.57. The van der Waals surface area contributed by atoms with E-state index in [1.165, 1.54) is 0 Å². The van der Waals surface area contributed by atoms with Crippen LogP contribution in [0.3, 0.4) is 0 Å². The molecule has 0 aliphatic rings. The van der Waals surface area contributed by atoms with Crippen molar-refractivity contribution in [2.24, 2.45) is 5.92 Å². The van der Waals surface area contributed by atoms with E-state index in [4.69, 9.17) is 10.5 Å². The van der Waals surface area contributed by atoms with Gasteiger partial charge in [0.1, 0.15) is 5.82 Å². The van der Waals surface area contributed by atoms with Crippen LogP contribution < -0.4 is 5.73 Å². The number of halogens is 1. The lowest BCUT2D eigenvalue weighted by atomic mass is 10.1. The highest BCUT2D eigenvalue weighted by atomic mass is 127. The molecule has 1 heterocycles. The van der Waals surface area contributed by atoms with E-state index < -0.39 is 0 Å². The first kappa shape index (κ1) is 11.8. The number of anilines is 1. The van der Waals surface area contributed by atoms with E-state index in [9.17, 15) is 0 Å². The fraction of sp³-hybridized carbons (Fsp3) is 0.667. The summed E-state index contributed by atoms with van der Waals surface area (Å²) in [6.07, 6.45) is 1.78. The van der Waals surface area contributed by atoms with Gasteiger partial charge in [-0.1, -0.05) is 13.8 Å². The Balaban J connectivity index is 2.93. The molecule has 1 atom stereocenters. The number of aromatic nitrogens is 2. The maximum absolute atomic E-state index is 5.91. The van der Waals surface area contributed by atoms with E-state index >= 15 is 0 Å². The van der Waals surface area contributed by atoms with Crippen molar-refractivity contribution in [2.45, 2.75) is 19.9 Å². The molecule has 14 heavy (non-hydrogen) atoms. The highest BCUT2D eigenvalue weighted by Gasteiger charge is 2.19. The predicted molar refractivity (Wildman–Crippen MR) is 65.1 cm³/mol. The quantitative estimate of drug-likeness (QED) is 0.865. The summed E-state index contributed by atoms with van der Waals surface area (Å²) >= 11 is 2.18. The number of nitrogens with two attached hydrogens (primary N) is 1. The van der Waals surface area contributed by atoms with Crippen LogP contribution in [-0.4, -0.2) is 23.5 Å². The lowest BCUT2D eigenvalue weighted by Gasteiger charge is -2.21. The van der Waals surface area contributed by atoms with Crippen LogP contribution in [0.2, 0.25) is 0 Å². The number of ether oxygens (including phenoxy) is 1. The standard InChI is InChI=1S/C9H16IN3O/c1-6(2)8(5-14-3)13-9(11)7(10)4-12-13/h4,6,8H,5,11H2,1-3H3. The molecule has 1 rings (SSSR count). The van der Waals surface area contributed by atoms with Gasteiger partial charge < -0.3 is 10.5 Å². The second-order valence-electron chi connectivity index (χ2n) is 3.59. The zero-order valence-corrected chi connectivity index (χ0v) is 10.9. The summed E-state index contributed by atoms with van der Waals surface area (Å²) in [6.45, 7) is 4.91. The summed E-state index contributed by atoms with van der Waals surface area (Å²) in [7, 11) is 1.69. The molecule has 0 bridgehead atoms. The molecule has 0 aromatic carbocycles. The SMILES string of the molecule is COCC(C(C)C)n1ncc(I)c1N. The molecule has 1 aromatic heterocycles. The van der Waals surface area contributed by atoms with Crippen molar-refractivity contribution in [2.75, 3.05) is 19.5 Å². The van der Waals surface area contributed by atoms with E-state index in [-0.39, 0.29) is 6.04 Å². The van der Waals surface area contributed by atoms with Crippen LogP contribution >= 0.6 is 22.6 Å². The summed E-state index contributed by atoms with van der Waals surface area (Å²) in [4.78, 5) is 0. The third kappa shape index (κ3) is 2.38. The number of hydrogen-bond donors (Lipinski definition) is 1. The Morgan fingerprint density at radius 1 is 1.64 bits per heavy atom. The van der Waals surface area contributed by atoms with Gasteiger partial charge in [0, 0.05) is 7.11 Å². The molecule has 80 valence electrons. The lowest BCUT2D eigenvalue weighted by Crippen LogP contribution is -2.22. The molecule has 0 spiro atoms. The molecule has 1 unspecified atom stereocenters. The number of nitrogens with zero attached hydrogens (tertiary/aromatic N) is 2. The van der Waals surface area contributed by atoms with E-state index in [0.29, 0.717) is 12.5 Å². The third-order valence-electron chi connectivity index (χ3n) is 2.21. The van der Waals surface area contributed by atoms with Gasteiger partial charge in [0.15, 0.2) is 0 Å². The molecule has 5 heteroatoms. The molecule has 1 aromatic rings. The summed E-state index contributed by atoms with van der Waals surface area (Å²) < 4.78 is 8.00. The van der Waals surface area contributed by atoms with Gasteiger partial charge in [0.05, 0.1) is 22.4 Å². The first-order valence-electron chi connectivity index (χ1n) is 4.55. The first-order valence-corrected chi connectivity index (χ1v) is 5.63. The van der Waals surface area contributed by atoms with Gasteiger partial charge in [-0.3, -0.25) is 0 Å². The monoisotopic (exact) mass is 309 g/mol. The van der Waals surface area contributed by atoms with E-state index in [2.05, 4.69) is 41.5 Å². The Morgan fingerprint density at radius 3 is 2.64 bits per heavy atom. The van der Waals surface area contributed by atoms with Crippen molar-refractivity contribution in [3.8, 4) is 0 Å². The van der Waals surface area contributed by atoms with Gasteiger partial charge in [0.25, 0.3) is 0 Å². The minimum absolute atomic E-state index is 0.212. The van der Waals surface area contributed by atoms with E-state index in [1.807, 2.05) is 4.68 Å². The Labute approximate surface area is 97.9 Å². The molecule has 2 N–H and O–H groups in total. The molecular formula is C9H16IN3O. The smallest absolute Gasteiger partial charge is 0.135 e. The Kier molecular flexibility index (Phi) is 4.18. The second kappa shape index (κ2) is 4.97. The maximum Gasteiger partial charge on any atom is 0.135 e. The summed E-state index contributed by atoms with van der Waals surface area (Å²) in [6, 6.07) is 0.212. The molecule has 4 nitrogen and oxygen atoms in total. The van der Waals surface area contributed by atoms with Crippen molar-refractivity contribution in [3.05, 3.63) is 9.77 Å². The van der Waals surface area contributed by atoms with Crippen LogP contribution in [-0.2, 0) is 4.74 Å². The van der Waals surface area contributed by atoms with E-state index in [0.717, 1.165) is 9.39 Å². The van der Waals surface area contributed by atoms with E-state index in [1.54, 1.807) is 13.3 Å². The van der Waals surface area contributed by atoms with Crippen LogP contribution in [0.5, 0.6) is 0 Å². The van der Waals surface area contributed by atoms with Crippen LogP contribution in [0.4, 0.5) is 5.82 Å². The van der Waals surface area contributed by atoms with Crippen LogP contribution in [0.15, 0.2) is 6.20 Å². The van der Waals surface area contributed by atoms with Crippen LogP contribution in [0.1, 0.15) is 19.9 Å². The van der Waals surface area contributed by atoms with Crippen molar-refractivity contribution < 1.29 is 4.74 Å². The molecule has 0 saturated carbocycles. The van der Waals surface area contributed by atoms with Gasteiger partial charge >= 0.3 is 0 Å². The Hall–Kier alpha value is -0.300. The van der Waals surface area contributed by atoms with Gasteiger partial charge in [-0.15, -0.1) is 0 Å². The van der Waals surface area contributed by atoms with Crippen molar-refractivity contribution in [1.82, 2.24) is 9.78 Å². The van der Waals surface area contributed by atoms with Gasteiger partial charge in [-0.2, -0.15) is 5.10 Å². The minimum atomic E-state index is 0.212. The summed E-state index contributed by atoms with van der Waals surface area (Å²) in [5.41, 5.74) is 5.91. The fourth-order valence-electron chi connectivity index (χ4n) is 1.33. The third-order valence-corrected chi connectivity index (χ3v) is 3.04. The topological polar surface area (TPSA) is 53.1 Å². The molecular weight excluding hydrogens is 293 g/mol. The average molecular weight is 309 g/mol. The minimum Gasteiger partial charge on any atom is -0.383 e. The van der Waals surface area contributed by atoms with Crippen LogP contribution in [0.25, 0.3) is 0 Å². The number of hydrogen-bond acceptors (Lipinski definition) is 3. The maximum atomic E-state index is 5.91. The van der Waals surface area contributed by atoms with Gasteiger partial charge in [0.2, 0.25) is 0 Å². The zero-order chi connectivity index (χ0) is 10.7. The van der Waals surface area contributed by atoms with Crippen molar-refractivity contribution >= 4 is 28.4 Å². The lowest BCUT2D eigenvalue weighted by molar-refractivity contribution is 0.128. The number of methoxy groups -OCH3 is 1. The van der Waals surface area contributed by atoms with Crippen LogP contribution in [0, 0.1) is 9.49 Å². The fourth-order valence-corrected chi connectivity index (χ4v) is 1.70. The number of rotatable bonds is 4. The van der Waals surface area contributed by atoms with Crippen molar-refractivity contribution in [1.29, 1.82) is 0 Å². The summed E-state index contributed by atoms with van der Waals surface area (Å²) in [5, 5.41) is 4.26. The normalized spacial score (nSPS) is 13.5. The number of nitrogen functional groups attached to an aromatic ring is 1. The molecule has 0 aliphatic carbocycles. The average Bonchev–Trinajstić information content (AvgIpc) is 2.44. The van der Waals surface area contributed by atoms with Crippen molar-refractivity contribution in [3.63, 3.8) is 0 Å². The van der Waals surface area contributed by atoms with Gasteiger partial charge in [-0.25, -0.2) is 4.68 Å². The Morgan fingerprint density at radius 2 is 2.29 bits per heavy atom. The molecule has 0 aliphatic heterocycles. The predicted octanol–water partition coefficient (Wildman–Crippen LogP) is 1.91. The Bertz CT molecular complexity index is 298. The van der Waals surface area contributed by atoms with Gasteiger partial charge in [-0.05, 0) is 28.5 Å². The molecule has 0 radical (unpaired) electrons. The zero-order valence-electron chi connectivity index (χ0n) is 8.70. The highest BCUT2D eigenvalue weighted by Crippen LogP contribution is 2.23. The molecule has 0 saturated heterocycles. The summed E-state index contributed by atoms with van der Waals surface area (Å²) in [5.74, 6) is 1.18. The molecule has 0 fully saturated rings.